The molecule has 1 amide bonds. The molecule has 5 heteroatoms. The molecule has 0 bridgehead atoms. The summed E-state index contributed by atoms with van der Waals surface area (Å²) in [7, 11) is 0. The molecule has 1 aromatic heterocycles. The highest BCUT2D eigenvalue weighted by atomic mass is 16.5. The average molecular weight is 283 g/mol. The number of nitrogen functional groups attached to an aromatic ring is 1. The van der Waals surface area contributed by atoms with Crippen molar-refractivity contribution in [3.8, 4) is 5.75 Å². The third-order valence-electron chi connectivity index (χ3n) is 3.76. The molecule has 1 aromatic carbocycles. The quantitative estimate of drug-likeness (QED) is 0.845. The Morgan fingerprint density at radius 3 is 3.00 bits per heavy atom. The van der Waals surface area contributed by atoms with Crippen LogP contribution in [0, 0.1) is 0 Å². The number of primary amides is 1. The molecule has 3 rings (SSSR count). The summed E-state index contributed by atoms with van der Waals surface area (Å²) in [5, 5.41) is 0. The Balaban J connectivity index is 1.89. The smallest absolute Gasteiger partial charge is 0.250 e. The molecule has 21 heavy (non-hydrogen) atoms. The summed E-state index contributed by atoms with van der Waals surface area (Å²) in [5.74, 6) is 0.0350. The zero-order valence-corrected chi connectivity index (χ0v) is 11.6. The van der Waals surface area contributed by atoms with E-state index in [0.717, 1.165) is 36.1 Å². The first kappa shape index (κ1) is 13.4. The number of nitrogens with zero attached hydrogens (tertiary/aromatic N) is 1. The number of benzene rings is 1. The first-order valence-electron chi connectivity index (χ1n) is 6.94. The summed E-state index contributed by atoms with van der Waals surface area (Å²) >= 11 is 0. The second-order valence-electron chi connectivity index (χ2n) is 5.19. The highest BCUT2D eigenvalue weighted by Gasteiger charge is 2.23. The van der Waals surface area contributed by atoms with Crippen LogP contribution in [0.5, 0.6) is 5.75 Å². The predicted octanol–water partition coefficient (Wildman–Crippen LogP) is 2.22. The Morgan fingerprint density at radius 2 is 2.19 bits per heavy atom. The van der Waals surface area contributed by atoms with Gasteiger partial charge >= 0.3 is 0 Å². The zero-order chi connectivity index (χ0) is 14.8. The Kier molecular flexibility index (Phi) is 3.48. The van der Waals surface area contributed by atoms with Crippen molar-refractivity contribution in [1.82, 2.24) is 4.98 Å². The van der Waals surface area contributed by atoms with Crippen LogP contribution in [0.4, 0.5) is 5.69 Å². The lowest BCUT2D eigenvalue weighted by Crippen LogP contribution is -2.17. The van der Waals surface area contributed by atoms with Crippen molar-refractivity contribution < 1.29 is 9.53 Å². The van der Waals surface area contributed by atoms with Gasteiger partial charge in [-0.05, 0) is 42.5 Å². The Hall–Kier alpha value is -2.56. The van der Waals surface area contributed by atoms with Crippen molar-refractivity contribution in [2.45, 2.75) is 25.4 Å². The van der Waals surface area contributed by atoms with Crippen molar-refractivity contribution in [2.24, 2.45) is 5.73 Å². The van der Waals surface area contributed by atoms with Gasteiger partial charge in [0.2, 0.25) is 5.91 Å². The number of hydrogen-bond donors (Lipinski definition) is 2. The molecule has 0 spiro atoms. The number of ether oxygens (including phenoxy) is 1. The number of pyridine rings is 1. The zero-order valence-electron chi connectivity index (χ0n) is 11.6. The van der Waals surface area contributed by atoms with Gasteiger partial charge in [0.25, 0.3) is 0 Å². The molecule has 0 aliphatic heterocycles. The van der Waals surface area contributed by atoms with Gasteiger partial charge in [-0.25, -0.2) is 0 Å². The Morgan fingerprint density at radius 1 is 1.33 bits per heavy atom. The fourth-order valence-electron chi connectivity index (χ4n) is 2.74. The maximum absolute atomic E-state index is 11.2. The maximum atomic E-state index is 11.2. The van der Waals surface area contributed by atoms with Gasteiger partial charge < -0.3 is 16.2 Å². The first-order valence-corrected chi connectivity index (χ1v) is 6.94. The van der Waals surface area contributed by atoms with E-state index in [9.17, 15) is 4.79 Å². The molecule has 108 valence electrons. The molecule has 0 saturated heterocycles. The molecule has 5 nitrogen and oxygen atoms in total. The van der Waals surface area contributed by atoms with Gasteiger partial charge in [-0.3, -0.25) is 9.78 Å². The number of fused-ring (bicyclic) bond motifs is 1. The van der Waals surface area contributed by atoms with Crippen molar-refractivity contribution >= 4 is 11.6 Å². The van der Waals surface area contributed by atoms with Crippen LogP contribution in [0.2, 0.25) is 0 Å². The molecule has 1 heterocycles. The largest absolute Gasteiger partial charge is 0.484 e. The Labute approximate surface area is 122 Å². The number of hydrogen-bond acceptors (Lipinski definition) is 4. The fourth-order valence-corrected chi connectivity index (χ4v) is 2.74. The topological polar surface area (TPSA) is 91.2 Å². The van der Waals surface area contributed by atoms with Crippen LogP contribution in [0.15, 0.2) is 36.7 Å². The average Bonchev–Trinajstić information content (AvgIpc) is 2.49. The molecule has 1 aliphatic carbocycles. The van der Waals surface area contributed by atoms with E-state index in [-0.39, 0.29) is 6.10 Å². The Bertz CT molecular complexity index is 685. The summed E-state index contributed by atoms with van der Waals surface area (Å²) in [6, 6.07) is 7.52. The number of carbonyl (C=O) groups is 1. The normalized spacial score (nSPS) is 17.0. The second-order valence-corrected chi connectivity index (χ2v) is 5.19. The highest BCUT2D eigenvalue weighted by molar-refractivity contribution is 5.92. The third kappa shape index (κ3) is 2.67. The number of amides is 1. The number of nitrogens with two attached hydrogens (primary N) is 2. The van der Waals surface area contributed by atoms with Gasteiger partial charge in [-0.2, -0.15) is 0 Å². The standard InChI is InChI=1S/C16H17N3O2/c17-14-5-1-4-13-12(14)3-2-6-15(13)21-11-7-10(16(18)20)8-19-9-11/h1,4-5,7-9,15H,2-3,6,17H2,(H2,18,20). The predicted molar refractivity (Wildman–Crippen MR) is 79.9 cm³/mol. The molecular formula is C16H17N3O2. The fraction of sp³-hybridized carbons (Fsp3) is 0.250. The van der Waals surface area contributed by atoms with E-state index in [4.69, 9.17) is 16.2 Å². The summed E-state index contributed by atoms with van der Waals surface area (Å²) in [6.45, 7) is 0. The van der Waals surface area contributed by atoms with E-state index in [2.05, 4.69) is 4.98 Å². The lowest BCUT2D eigenvalue weighted by atomic mass is 9.88. The molecular weight excluding hydrogens is 266 g/mol. The maximum Gasteiger partial charge on any atom is 0.250 e. The summed E-state index contributed by atoms with van der Waals surface area (Å²) in [6.07, 6.45) is 5.87. The van der Waals surface area contributed by atoms with Gasteiger partial charge in [0.05, 0.1) is 11.8 Å². The van der Waals surface area contributed by atoms with E-state index >= 15 is 0 Å². The minimum absolute atomic E-state index is 0.0674. The summed E-state index contributed by atoms with van der Waals surface area (Å²) in [4.78, 5) is 15.2. The molecule has 1 atom stereocenters. The summed E-state index contributed by atoms with van der Waals surface area (Å²) in [5.41, 5.74) is 14.7. The number of carbonyl (C=O) groups excluding carboxylic acids is 1. The van der Waals surface area contributed by atoms with E-state index < -0.39 is 5.91 Å². The SMILES string of the molecule is NC(=O)c1cncc(OC2CCCc3c(N)cccc32)c1. The van der Waals surface area contributed by atoms with Crippen molar-refractivity contribution in [1.29, 1.82) is 0 Å². The van der Waals surface area contributed by atoms with Crippen molar-refractivity contribution in [3.05, 3.63) is 53.3 Å². The van der Waals surface area contributed by atoms with Crippen LogP contribution < -0.4 is 16.2 Å². The molecule has 1 aliphatic rings. The minimum atomic E-state index is -0.513. The van der Waals surface area contributed by atoms with Gasteiger partial charge in [0, 0.05) is 11.9 Å². The van der Waals surface area contributed by atoms with E-state index in [1.807, 2.05) is 18.2 Å². The third-order valence-corrected chi connectivity index (χ3v) is 3.76. The lowest BCUT2D eigenvalue weighted by Gasteiger charge is -2.27. The van der Waals surface area contributed by atoms with Crippen molar-refractivity contribution in [3.63, 3.8) is 0 Å². The van der Waals surface area contributed by atoms with Crippen molar-refractivity contribution in [2.75, 3.05) is 5.73 Å². The lowest BCUT2D eigenvalue weighted by molar-refractivity contribution is 0.0998. The molecule has 1 unspecified atom stereocenters. The van der Waals surface area contributed by atoms with Crippen LogP contribution in [0.3, 0.4) is 0 Å². The van der Waals surface area contributed by atoms with Gasteiger partial charge in [-0.1, -0.05) is 12.1 Å². The second kappa shape index (κ2) is 5.44. The molecule has 4 N–H and O–H groups in total. The summed E-state index contributed by atoms with van der Waals surface area (Å²) < 4.78 is 6.00. The van der Waals surface area contributed by atoms with E-state index in [0.29, 0.717) is 11.3 Å². The number of anilines is 1. The monoisotopic (exact) mass is 283 g/mol. The van der Waals surface area contributed by atoms with Crippen LogP contribution in [-0.2, 0) is 6.42 Å². The van der Waals surface area contributed by atoms with Crippen LogP contribution in [0.1, 0.15) is 40.4 Å². The molecule has 0 fully saturated rings. The van der Waals surface area contributed by atoms with Crippen LogP contribution >= 0.6 is 0 Å². The molecule has 0 saturated carbocycles. The first-order chi connectivity index (χ1) is 10.1. The van der Waals surface area contributed by atoms with E-state index in [1.54, 1.807) is 12.3 Å². The molecule has 0 radical (unpaired) electrons. The molecule has 2 aromatic rings. The van der Waals surface area contributed by atoms with Gasteiger partial charge in [0.1, 0.15) is 11.9 Å². The van der Waals surface area contributed by atoms with Crippen LogP contribution in [-0.4, -0.2) is 10.9 Å². The minimum Gasteiger partial charge on any atom is -0.484 e. The van der Waals surface area contributed by atoms with Crippen LogP contribution in [0.25, 0.3) is 0 Å². The van der Waals surface area contributed by atoms with Gasteiger partial charge in [-0.15, -0.1) is 0 Å². The van der Waals surface area contributed by atoms with E-state index in [1.165, 1.54) is 6.20 Å². The van der Waals surface area contributed by atoms with Gasteiger partial charge in [0.15, 0.2) is 0 Å². The highest BCUT2D eigenvalue weighted by Crippen LogP contribution is 2.36. The number of rotatable bonds is 3. The number of aromatic nitrogens is 1.